The minimum absolute atomic E-state index is 0.0115. The highest BCUT2D eigenvalue weighted by Crippen LogP contribution is 2.51. The van der Waals surface area contributed by atoms with E-state index in [1.54, 1.807) is 6.07 Å². The Balaban J connectivity index is 1.63. The Bertz CT molecular complexity index is 1350. The van der Waals surface area contributed by atoms with Gasteiger partial charge in [-0.05, 0) is 39.2 Å². The van der Waals surface area contributed by atoms with Gasteiger partial charge in [-0.2, -0.15) is 0 Å². The van der Waals surface area contributed by atoms with Gasteiger partial charge in [-0.3, -0.25) is 0 Å². The third-order valence-corrected chi connectivity index (χ3v) is 7.55. The van der Waals surface area contributed by atoms with Gasteiger partial charge in [-0.1, -0.05) is 17.7 Å². The molecule has 1 saturated heterocycles. The number of benzene rings is 2. The standard InChI is InChI=1S/C26H28ClF2N5O2/c1-13-9-34-14(8-30-13)10-33-12-15(11-32(2)3)36-26-25(33)24(34)16-7-17(27)20(22(29)23(16)31-26)21-18(28)5-4-6-19(21)35/h4-7,13-15,30,35H,8-12H2,1-3H3/t13-,14-,15+/m1/s1. The SMILES string of the molecule is C[C@@H]1CN2c3c4c(nc5c(F)c(-c6c(O)cccc6F)c(Cl)cc35)O[C@@H](CN(C)C)CN4C[C@H]2CN1. The van der Waals surface area contributed by atoms with Crippen molar-refractivity contribution in [2.75, 3.05) is 56.6 Å². The van der Waals surface area contributed by atoms with Crippen LogP contribution in [0.1, 0.15) is 6.92 Å². The Kier molecular flexibility index (Phi) is 5.62. The van der Waals surface area contributed by atoms with Gasteiger partial charge < -0.3 is 29.9 Å². The summed E-state index contributed by atoms with van der Waals surface area (Å²) in [5.74, 6) is -1.57. The fourth-order valence-corrected chi connectivity index (χ4v) is 6.06. The van der Waals surface area contributed by atoms with E-state index in [1.807, 2.05) is 14.1 Å². The van der Waals surface area contributed by atoms with Crippen LogP contribution in [0.5, 0.6) is 11.6 Å². The number of fused-ring (bicyclic) bond motifs is 4. The maximum absolute atomic E-state index is 16.3. The van der Waals surface area contributed by atoms with Crippen molar-refractivity contribution >= 4 is 33.9 Å². The van der Waals surface area contributed by atoms with E-state index in [0.29, 0.717) is 24.4 Å². The lowest BCUT2D eigenvalue weighted by Gasteiger charge is -2.51. The summed E-state index contributed by atoms with van der Waals surface area (Å²) in [5.41, 5.74) is 1.24. The van der Waals surface area contributed by atoms with Gasteiger partial charge in [0, 0.05) is 43.2 Å². The average molecular weight is 516 g/mol. The van der Waals surface area contributed by atoms with Gasteiger partial charge in [0.25, 0.3) is 0 Å². The number of nitrogens with zero attached hydrogens (tertiary/aromatic N) is 4. The lowest BCUT2D eigenvalue weighted by molar-refractivity contribution is 0.146. The van der Waals surface area contributed by atoms with Crippen molar-refractivity contribution in [1.82, 2.24) is 15.2 Å². The maximum atomic E-state index is 16.3. The van der Waals surface area contributed by atoms with Crippen molar-refractivity contribution in [3.63, 3.8) is 0 Å². The number of hydrogen-bond acceptors (Lipinski definition) is 7. The first-order valence-electron chi connectivity index (χ1n) is 12.1. The number of nitrogens with one attached hydrogen (secondary N) is 1. The lowest BCUT2D eigenvalue weighted by Crippen LogP contribution is -2.63. The van der Waals surface area contributed by atoms with Gasteiger partial charge in [-0.25, -0.2) is 13.8 Å². The molecule has 3 aliphatic rings. The number of rotatable bonds is 3. The number of aromatic hydroxyl groups is 1. The molecule has 0 saturated carbocycles. The van der Waals surface area contributed by atoms with Crippen LogP contribution in [0.3, 0.4) is 0 Å². The number of phenolic OH excluding ortho intramolecular Hbond substituents is 1. The number of likely N-dealkylation sites (N-methyl/N-ethyl adjacent to an activating group) is 1. The van der Waals surface area contributed by atoms with E-state index < -0.39 is 11.6 Å². The molecule has 10 heteroatoms. The fraction of sp³-hybridized carbons (Fsp3) is 0.423. The highest BCUT2D eigenvalue weighted by Gasteiger charge is 2.42. The van der Waals surface area contributed by atoms with Crippen LogP contribution in [-0.4, -0.2) is 80.0 Å². The van der Waals surface area contributed by atoms with Crippen LogP contribution in [0.15, 0.2) is 24.3 Å². The first kappa shape index (κ1) is 23.5. The first-order valence-corrected chi connectivity index (χ1v) is 12.5. The van der Waals surface area contributed by atoms with E-state index in [0.717, 1.165) is 31.0 Å². The summed E-state index contributed by atoms with van der Waals surface area (Å²) < 4.78 is 37.3. The molecule has 2 N–H and O–H groups in total. The van der Waals surface area contributed by atoms with Crippen molar-refractivity contribution < 1.29 is 18.6 Å². The first-order chi connectivity index (χ1) is 17.2. The summed E-state index contributed by atoms with van der Waals surface area (Å²) in [4.78, 5) is 11.3. The number of anilines is 2. The van der Waals surface area contributed by atoms with Crippen molar-refractivity contribution in [2.45, 2.75) is 25.1 Å². The predicted molar refractivity (Wildman–Crippen MR) is 138 cm³/mol. The van der Waals surface area contributed by atoms with E-state index in [9.17, 15) is 9.50 Å². The largest absolute Gasteiger partial charge is 0.507 e. The number of phenols is 1. The van der Waals surface area contributed by atoms with E-state index in [2.05, 4.69) is 31.9 Å². The van der Waals surface area contributed by atoms with Crippen molar-refractivity contribution in [1.29, 1.82) is 0 Å². The van der Waals surface area contributed by atoms with Gasteiger partial charge in [0.15, 0.2) is 5.82 Å². The number of piperazine rings is 1. The zero-order valence-corrected chi connectivity index (χ0v) is 21.1. The summed E-state index contributed by atoms with van der Waals surface area (Å²) in [6.45, 7) is 5.84. The molecule has 0 aliphatic carbocycles. The molecule has 190 valence electrons. The molecule has 0 spiro atoms. The Morgan fingerprint density at radius 3 is 2.75 bits per heavy atom. The monoisotopic (exact) mass is 515 g/mol. The normalized spacial score (nSPS) is 23.0. The van der Waals surface area contributed by atoms with Gasteiger partial charge in [0.2, 0.25) is 5.88 Å². The van der Waals surface area contributed by atoms with Crippen LogP contribution in [-0.2, 0) is 0 Å². The highest BCUT2D eigenvalue weighted by molar-refractivity contribution is 6.34. The van der Waals surface area contributed by atoms with Crippen LogP contribution < -0.4 is 19.9 Å². The molecule has 2 aromatic carbocycles. The number of hydrogen-bond donors (Lipinski definition) is 2. The van der Waals surface area contributed by atoms with Gasteiger partial charge >= 0.3 is 0 Å². The molecular weight excluding hydrogens is 488 g/mol. The number of pyridine rings is 1. The van der Waals surface area contributed by atoms with Crippen molar-refractivity contribution in [2.24, 2.45) is 0 Å². The quantitative estimate of drug-likeness (QED) is 0.549. The molecule has 3 atom stereocenters. The minimum Gasteiger partial charge on any atom is -0.507 e. The molecule has 0 radical (unpaired) electrons. The van der Waals surface area contributed by atoms with Gasteiger partial charge in [-0.15, -0.1) is 0 Å². The third-order valence-electron chi connectivity index (χ3n) is 7.25. The van der Waals surface area contributed by atoms with Crippen LogP contribution in [0, 0.1) is 11.6 Å². The zero-order chi connectivity index (χ0) is 25.3. The molecule has 36 heavy (non-hydrogen) atoms. The van der Waals surface area contributed by atoms with Gasteiger partial charge in [0.1, 0.15) is 28.9 Å². The molecule has 1 aromatic heterocycles. The second kappa shape index (κ2) is 8.61. The van der Waals surface area contributed by atoms with Crippen LogP contribution in [0.2, 0.25) is 5.02 Å². The second-order valence-electron chi connectivity index (χ2n) is 10.2. The molecule has 0 bridgehead atoms. The number of aromatic nitrogens is 1. The molecule has 0 amide bonds. The minimum atomic E-state index is -0.785. The van der Waals surface area contributed by atoms with Crippen LogP contribution in [0.25, 0.3) is 22.0 Å². The smallest absolute Gasteiger partial charge is 0.240 e. The van der Waals surface area contributed by atoms with Crippen LogP contribution in [0.4, 0.5) is 20.2 Å². The predicted octanol–water partition coefficient (Wildman–Crippen LogP) is 3.85. The van der Waals surface area contributed by atoms with Crippen molar-refractivity contribution in [3.8, 4) is 22.8 Å². The van der Waals surface area contributed by atoms with Crippen LogP contribution >= 0.6 is 11.6 Å². The molecular formula is C26H28ClF2N5O2. The van der Waals surface area contributed by atoms with E-state index in [4.69, 9.17) is 16.3 Å². The summed E-state index contributed by atoms with van der Waals surface area (Å²) in [6, 6.07) is 5.90. The Hall–Kier alpha value is -2.88. The van der Waals surface area contributed by atoms with E-state index >= 15 is 4.39 Å². The molecule has 4 heterocycles. The number of ether oxygens (including phenoxy) is 1. The Morgan fingerprint density at radius 2 is 2.00 bits per heavy atom. The number of halogens is 3. The summed E-state index contributed by atoms with van der Waals surface area (Å²) in [6.07, 6.45) is -0.141. The summed E-state index contributed by atoms with van der Waals surface area (Å²) in [7, 11) is 3.97. The topological polar surface area (TPSA) is 64.1 Å². The Labute approximate surface area is 213 Å². The molecule has 3 aliphatic heterocycles. The summed E-state index contributed by atoms with van der Waals surface area (Å²) >= 11 is 6.61. The van der Waals surface area contributed by atoms with Gasteiger partial charge in [0.05, 0.1) is 28.9 Å². The van der Waals surface area contributed by atoms with Crippen molar-refractivity contribution in [3.05, 3.63) is 40.9 Å². The average Bonchev–Trinajstić information content (AvgIpc) is 2.81. The maximum Gasteiger partial charge on any atom is 0.240 e. The fourth-order valence-electron chi connectivity index (χ4n) is 5.78. The third kappa shape index (κ3) is 3.64. The second-order valence-corrected chi connectivity index (χ2v) is 10.6. The summed E-state index contributed by atoms with van der Waals surface area (Å²) in [5, 5.41) is 14.5. The lowest BCUT2D eigenvalue weighted by atomic mass is 9.96. The molecule has 6 rings (SSSR count). The molecule has 0 unspecified atom stereocenters. The van der Waals surface area contributed by atoms with E-state index in [-0.39, 0.29) is 45.6 Å². The molecule has 1 fully saturated rings. The Morgan fingerprint density at radius 1 is 1.19 bits per heavy atom. The van der Waals surface area contributed by atoms with E-state index in [1.165, 1.54) is 18.2 Å². The molecule has 3 aromatic rings. The zero-order valence-electron chi connectivity index (χ0n) is 20.4. The highest BCUT2D eigenvalue weighted by atomic mass is 35.5. The molecule has 7 nitrogen and oxygen atoms in total.